The van der Waals surface area contributed by atoms with Crippen LogP contribution in [0.2, 0.25) is 0 Å². The van der Waals surface area contributed by atoms with Gasteiger partial charge in [-0.3, -0.25) is 0 Å². The number of aromatic nitrogens is 1. The lowest BCUT2D eigenvalue weighted by molar-refractivity contribution is 0.0696. The Morgan fingerprint density at radius 2 is 1.59 bits per heavy atom. The molecule has 0 amide bonds. The maximum atomic E-state index is 10.7. The minimum Gasteiger partial charge on any atom is -0.478 e. The largest absolute Gasteiger partial charge is 0.478 e. The molecule has 1 heterocycles. The zero-order valence-electron chi connectivity index (χ0n) is 13.7. The minimum atomic E-state index is -0.964. The number of carbonyl (C=O) groups is 1. The van der Waals surface area contributed by atoms with E-state index < -0.39 is 5.97 Å². The van der Waals surface area contributed by atoms with Crippen molar-refractivity contribution in [3.8, 4) is 5.88 Å². The third-order valence-corrected chi connectivity index (χ3v) is 3.73. The molecule has 0 bridgehead atoms. The first-order valence-electron chi connectivity index (χ1n) is 8.56. The van der Waals surface area contributed by atoms with Crippen molar-refractivity contribution in [1.29, 1.82) is 0 Å². The molecule has 0 atom stereocenters. The summed E-state index contributed by atoms with van der Waals surface area (Å²) in [6.07, 6.45) is 14.3. The lowest BCUT2D eigenvalue weighted by Crippen LogP contribution is -2.01. The third-order valence-electron chi connectivity index (χ3n) is 3.73. The summed E-state index contributed by atoms with van der Waals surface area (Å²) in [7, 11) is 0. The van der Waals surface area contributed by atoms with E-state index in [1.54, 1.807) is 6.07 Å². The van der Waals surface area contributed by atoms with Crippen molar-refractivity contribution in [3.63, 3.8) is 0 Å². The smallest absolute Gasteiger partial charge is 0.337 e. The number of pyridine rings is 1. The Kier molecular flexibility index (Phi) is 10.1. The number of rotatable bonds is 13. The minimum absolute atomic E-state index is 0.186. The number of hydrogen-bond donors (Lipinski definition) is 1. The van der Waals surface area contributed by atoms with E-state index in [0.717, 1.165) is 6.42 Å². The zero-order chi connectivity index (χ0) is 16.0. The highest BCUT2D eigenvalue weighted by Gasteiger charge is 2.03. The molecule has 124 valence electrons. The summed E-state index contributed by atoms with van der Waals surface area (Å²) in [5.74, 6) is -0.463. The van der Waals surface area contributed by atoms with E-state index in [1.807, 2.05) is 0 Å². The van der Waals surface area contributed by atoms with Crippen molar-refractivity contribution < 1.29 is 14.6 Å². The Labute approximate surface area is 133 Å². The first-order valence-corrected chi connectivity index (χ1v) is 8.56. The first kappa shape index (κ1) is 18.5. The van der Waals surface area contributed by atoms with Crippen molar-refractivity contribution >= 4 is 5.97 Å². The molecule has 1 N–H and O–H groups in total. The van der Waals surface area contributed by atoms with E-state index >= 15 is 0 Å². The molecule has 0 spiro atoms. The molecule has 0 saturated carbocycles. The van der Waals surface area contributed by atoms with Crippen molar-refractivity contribution in [2.24, 2.45) is 0 Å². The fourth-order valence-corrected chi connectivity index (χ4v) is 2.36. The standard InChI is InChI=1S/C18H29NO3/c1-2-3-4-5-6-7-8-9-10-11-14-22-17-13-12-16(15-19-17)18(20)21/h12-13,15H,2-11,14H2,1H3,(H,20,21). The summed E-state index contributed by atoms with van der Waals surface area (Å²) in [4.78, 5) is 14.7. The number of aromatic carboxylic acids is 1. The van der Waals surface area contributed by atoms with Crippen LogP contribution in [0.5, 0.6) is 5.88 Å². The molecule has 0 aliphatic heterocycles. The summed E-state index contributed by atoms with van der Waals surface area (Å²) < 4.78 is 5.51. The number of carboxylic acids is 1. The van der Waals surface area contributed by atoms with Crippen LogP contribution in [-0.4, -0.2) is 22.7 Å². The average molecular weight is 307 g/mol. The molecule has 0 radical (unpaired) electrons. The predicted molar refractivity (Wildman–Crippen MR) is 88.5 cm³/mol. The molecule has 1 aromatic heterocycles. The maximum Gasteiger partial charge on any atom is 0.337 e. The van der Waals surface area contributed by atoms with Crippen molar-refractivity contribution in [1.82, 2.24) is 4.98 Å². The third kappa shape index (κ3) is 8.65. The van der Waals surface area contributed by atoms with Gasteiger partial charge in [-0.1, -0.05) is 64.7 Å². The molecular formula is C18H29NO3. The molecule has 0 aliphatic rings. The van der Waals surface area contributed by atoms with Crippen LogP contribution in [0.15, 0.2) is 18.3 Å². The second-order valence-corrected chi connectivity index (χ2v) is 5.72. The molecule has 0 aromatic carbocycles. The summed E-state index contributed by atoms with van der Waals surface area (Å²) in [6, 6.07) is 3.13. The zero-order valence-corrected chi connectivity index (χ0v) is 13.7. The highest BCUT2D eigenvalue weighted by atomic mass is 16.5. The van der Waals surface area contributed by atoms with Crippen molar-refractivity contribution in [2.75, 3.05) is 6.61 Å². The molecule has 0 fully saturated rings. The second kappa shape index (κ2) is 12.0. The SMILES string of the molecule is CCCCCCCCCCCCOc1ccc(C(=O)O)cn1. The quantitative estimate of drug-likeness (QED) is 0.516. The van der Waals surface area contributed by atoms with Gasteiger partial charge in [-0.05, 0) is 12.5 Å². The number of ether oxygens (including phenoxy) is 1. The van der Waals surface area contributed by atoms with Gasteiger partial charge < -0.3 is 9.84 Å². The lowest BCUT2D eigenvalue weighted by atomic mass is 10.1. The van der Waals surface area contributed by atoms with E-state index in [-0.39, 0.29) is 5.56 Å². The Hall–Kier alpha value is -1.58. The molecule has 0 saturated heterocycles. The predicted octanol–water partition coefficient (Wildman–Crippen LogP) is 5.08. The van der Waals surface area contributed by atoms with E-state index in [2.05, 4.69) is 11.9 Å². The van der Waals surface area contributed by atoms with Crippen LogP contribution in [0.3, 0.4) is 0 Å². The fraction of sp³-hybridized carbons (Fsp3) is 0.667. The monoisotopic (exact) mass is 307 g/mol. The van der Waals surface area contributed by atoms with Gasteiger partial charge in [-0.25, -0.2) is 9.78 Å². The molecule has 1 aromatic rings. The molecule has 4 heteroatoms. The van der Waals surface area contributed by atoms with Crippen molar-refractivity contribution in [3.05, 3.63) is 23.9 Å². The normalized spacial score (nSPS) is 10.6. The Bertz CT molecular complexity index is 403. The Morgan fingerprint density at radius 3 is 2.09 bits per heavy atom. The first-order chi connectivity index (χ1) is 10.7. The van der Waals surface area contributed by atoms with Gasteiger partial charge in [0.25, 0.3) is 0 Å². The van der Waals surface area contributed by atoms with Gasteiger partial charge >= 0.3 is 5.97 Å². The lowest BCUT2D eigenvalue weighted by Gasteiger charge is -2.05. The fourth-order valence-electron chi connectivity index (χ4n) is 2.36. The van der Waals surface area contributed by atoms with E-state index in [0.29, 0.717) is 12.5 Å². The highest BCUT2D eigenvalue weighted by molar-refractivity contribution is 5.87. The van der Waals surface area contributed by atoms with E-state index in [4.69, 9.17) is 9.84 Å². The molecule has 4 nitrogen and oxygen atoms in total. The maximum absolute atomic E-state index is 10.7. The Balaban J connectivity index is 1.94. The van der Waals surface area contributed by atoms with E-state index in [9.17, 15) is 4.79 Å². The topological polar surface area (TPSA) is 59.4 Å². The molecule has 1 rings (SSSR count). The van der Waals surface area contributed by atoms with Crippen LogP contribution in [0.1, 0.15) is 81.5 Å². The van der Waals surface area contributed by atoms with Crippen molar-refractivity contribution in [2.45, 2.75) is 71.1 Å². The molecule has 0 unspecified atom stereocenters. The van der Waals surface area contributed by atoms with Crippen LogP contribution in [-0.2, 0) is 0 Å². The number of carboxylic acid groups (broad SMARTS) is 1. The summed E-state index contributed by atoms with van der Waals surface area (Å²) in [5.41, 5.74) is 0.186. The number of nitrogens with zero attached hydrogens (tertiary/aromatic N) is 1. The van der Waals surface area contributed by atoms with Gasteiger partial charge in [-0.15, -0.1) is 0 Å². The number of hydrogen-bond acceptors (Lipinski definition) is 3. The van der Waals surface area contributed by atoms with E-state index in [1.165, 1.54) is 70.1 Å². The van der Waals surface area contributed by atoms with Gasteiger partial charge in [0.15, 0.2) is 0 Å². The van der Waals surface area contributed by atoms with Crippen LogP contribution >= 0.6 is 0 Å². The summed E-state index contributed by atoms with van der Waals surface area (Å²) in [6.45, 7) is 2.90. The van der Waals surface area contributed by atoms with Crippen LogP contribution in [0, 0.1) is 0 Å². The highest BCUT2D eigenvalue weighted by Crippen LogP contribution is 2.12. The second-order valence-electron chi connectivity index (χ2n) is 5.72. The van der Waals surface area contributed by atoms with Gasteiger partial charge in [-0.2, -0.15) is 0 Å². The van der Waals surface area contributed by atoms with Gasteiger partial charge in [0.2, 0.25) is 5.88 Å². The van der Waals surface area contributed by atoms with Gasteiger partial charge in [0.1, 0.15) is 0 Å². The molecular weight excluding hydrogens is 278 g/mol. The Morgan fingerprint density at radius 1 is 1.00 bits per heavy atom. The van der Waals surface area contributed by atoms with Gasteiger partial charge in [0.05, 0.1) is 12.2 Å². The average Bonchev–Trinajstić information content (AvgIpc) is 2.53. The summed E-state index contributed by atoms with van der Waals surface area (Å²) >= 11 is 0. The van der Waals surface area contributed by atoms with Crippen LogP contribution in [0.4, 0.5) is 0 Å². The van der Waals surface area contributed by atoms with Crippen LogP contribution < -0.4 is 4.74 Å². The molecule has 0 aliphatic carbocycles. The van der Waals surface area contributed by atoms with Crippen LogP contribution in [0.25, 0.3) is 0 Å². The molecule has 22 heavy (non-hydrogen) atoms. The summed E-state index contributed by atoms with van der Waals surface area (Å²) in [5, 5.41) is 8.77. The van der Waals surface area contributed by atoms with Gasteiger partial charge in [0, 0.05) is 12.3 Å². The number of unbranched alkanes of at least 4 members (excludes halogenated alkanes) is 9.